The predicted octanol–water partition coefficient (Wildman–Crippen LogP) is 2.88. The molecule has 2 aromatic rings. The van der Waals surface area contributed by atoms with Gasteiger partial charge in [0.2, 0.25) is 0 Å². The van der Waals surface area contributed by atoms with Crippen LogP contribution in [0, 0.1) is 24.0 Å². The number of nitro benzene ring substituents is 1. The number of rotatable bonds is 6. The van der Waals surface area contributed by atoms with Crippen molar-refractivity contribution in [2.45, 2.75) is 26.6 Å². The summed E-state index contributed by atoms with van der Waals surface area (Å²) in [5, 5.41) is 13.8. The third-order valence-electron chi connectivity index (χ3n) is 4.33. The summed E-state index contributed by atoms with van der Waals surface area (Å²) in [6, 6.07) is 7.71. The average Bonchev–Trinajstić information content (AvgIpc) is 2.57. The number of hydrogen-bond donors (Lipinski definition) is 2. The Morgan fingerprint density at radius 1 is 1.14 bits per heavy atom. The molecule has 0 saturated heterocycles. The first-order valence-corrected chi connectivity index (χ1v) is 8.50. The zero-order valence-electron chi connectivity index (χ0n) is 15.7. The van der Waals surface area contributed by atoms with Crippen LogP contribution in [-0.2, 0) is 17.5 Å². The van der Waals surface area contributed by atoms with Crippen LogP contribution in [-0.4, -0.2) is 24.4 Å². The van der Waals surface area contributed by atoms with Gasteiger partial charge in [0.25, 0.3) is 11.6 Å². The van der Waals surface area contributed by atoms with E-state index < -0.39 is 22.6 Å². The summed E-state index contributed by atoms with van der Waals surface area (Å²) < 4.78 is 37.8. The fourth-order valence-corrected chi connectivity index (χ4v) is 2.74. The smallest absolute Gasteiger partial charge is 0.326 e. The molecule has 0 aliphatic heterocycles. The molecular weight excluding hydrogens is 375 g/mol. The number of nitro groups is 1. The summed E-state index contributed by atoms with van der Waals surface area (Å²) in [6.07, 6.45) is -4.39. The molecule has 150 valence electrons. The highest BCUT2D eigenvalue weighted by atomic mass is 19.4. The summed E-state index contributed by atoms with van der Waals surface area (Å²) in [5.74, 6) is -0.421. The third kappa shape index (κ3) is 5.53. The largest absolute Gasteiger partial charge is 0.416 e. The number of nitrogens with one attached hydrogen (secondary N) is 2. The monoisotopic (exact) mass is 396 g/mol. The standard InChI is InChI=1S/C19H20F3N3O3/c1-12-8-16(17(25(27)28)9-13(12)2)23-18(26)11-24(3)10-14-4-6-15(7-5-14)19(20,21)22/h4-9H,10-11H2,1-3H3,(H,23,26)/p+1. The van der Waals surface area contributed by atoms with E-state index in [9.17, 15) is 28.1 Å². The molecule has 0 radical (unpaired) electrons. The average molecular weight is 396 g/mol. The van der Waals surface area contributed by atoms with Crippen LogP contribution in [0.25, 0.3) is 0 Å². The van der Waals surface area contributed by atoms with E-state index in [1.807, 2.05) is 0 Å². The van der Waals surface area contributed by atoms with Crippen molar-refractivity contribution in [1.82, 2.24) is 0 Å². The molecule has 0 aliphatic carbocycles. The fraction of sp³-hybridized carbons (Fsp3) is 0.316. The summed E-state index contributed by atoms with van der Waals surface area (Å²) in [5.41, 5.74) is 1.42. The number of quaternary nitrogens is 1. The summed E-state index contributed by atoms with van der Waals surface area (Å²) in [7, 11) is 1.71. The van der Waals surface area contributed by atoms with Crippen molar-refractivity contribution in [2.24, 2.45) is 0 Å². The molecule has 0 aromatic heterocycles. The Kier molecular flexibility index (Phi) is 6.40. The first-order valence-electron chi connectivity index (χ1n) is 8.50. The van der Waals surface area contributed by atoms with Crippen molar-refractivity contribution in [3.63, 3.8) is 0 Å². The van der Waals surface area contributed by atoms with Crippen LogP contribution in [0.2, 0.25) is 0 Å². The third-order valence-corrected chi connectivity index (χ3v) is 4.33. The lowest BCUT2D eigenvalue weighted by Gasteiger charge is -2.15. The fourth-order valence-electron chi connectivity index (χ4n) is 2.74. The summed E-state index contributed by atoms with van der Waals surface area (Å²) in [6.45, 7) is 3.87. The molecule has 9 heteroatoms. The molecule has 1 amide bonds. The minimum Gasteiger partial charge on any atom is -0.326 e. The Balaban J connectivity index is 2.01. The minimum absolute atomic E-state index is 0.00506. The van der Waals surface area contributed by atoms with E-state index in [2.05, 4.69) is 5.32 Å². The van der Waals surface area contributed by atoms with Gasteiger partial charge in [-0.3, -0.25) is 14.9 Å². The molecule has 0 bridgehead atoms. The summed E-state index contributed by atoms with van der Waals surface area (Å²) >= 11 is 0. The first-order chi connectivity index (χ1) is 13.0. The molecule has 1 atom stereocenters. The van der Waals surface area contributed by atoms with Crippen LogP contribution in [0.5, 0.6) is 0 Å². The highest BCUT2D eigenvalue weighted by molar-refractivity contribution is 5.94. The molecule has 0 saturated carbocycles. The van der Waals surface area contributed by atoms with Gasteiger partial charge >= 0.3 is 6.18 Å². The minimum atomic E-state index is -4.39. The number of hydrogen-bond acceptors (Lipinski definition) is 3. The molecule has 2 rings (SSSR count). The Morgan fingerprint density at radius 3 is 2.25 bits per heavy atom. The Morgan fingerprint density at radius 2 is 1.71 bits per heavy atom. The normalized spacial score (nSPS) is 12.5. The van der Waals surface area contributed by atoms with E-state index >= 15 is 0 Å². The number of aryl methyl sites for hydroxylation is 2. The number of carbonyl (C=O) groups is 1. The van der Waals surface area contributed by atoms with Crippen molar-refractivity contribution in [1.29, 1.82) is 0 Å². The van der Waals surface area contributed by atoms with Gasteiger partial charge in [-0.05, 0) is 43.2 Å². The van der Waals surface area contributed by atoms with Crippen molar-refractivity contribution in [3.05, 3.63) is 68.8 Å². The van der Waals surface area contributed by atoms with Crippen molar-refractivity contribution in [2.75, 3.05) is 18.9 Å². The molecule has 0 aliphatic rings. The second-order valence-corrected chi connectivity index (χ2v) is 6.76. The summed E-state index contributed by atoms with van der Waals surface area (Å²) in [4.78, 5) is 23.6. The van der Waals surface area contributed by atoms with Gasteiger partial charge in [-0.25, -0.2) is 0 Å². The van der Waals surface area contributed by atoms with Gasteiger partial charge in [-0.15, -0.1) is 0 Å². The van der Waals surface area contributed by atoms with Gasteiger partial charge in [0, 0.05) is 11.6 Å². The van der Waals surface area contributed by atoms with Gasteiger partial charge in [0.15, 0.2) is 6.54 Å². The zero-order valence-corrected chi connectivity index (χ0v) is 15.7. The quantitative estimate of drug-likeness (QED) is 0.582. The molecule has 6 nitrogen and oxygen atoms in total. The number of carbonyl (C=O) groups excluding carboxylic acids is 1. The van der Waals surface area contributed by atoms with Crippen LogP contribution in [0.3, 0.4) is 0 Å². The molecule has 0 heterocycles. The highest BCUT2D eigenvalue weighted by Crippen LogP contribution is 2.29. The van der Waals surface area contributed by atoms with E-state index in [1.54, 1.807) is 27.0 Å². The number of anilines is 1. The van der Waals surface area contributed by atoms with Crippen LogP contribution < -0.4 is 10.2 Å². The van der Waals surface area contributed by atoms with E-state index in [0.717, 1.165) is 28.2 Å². The van der Waals surface area contributed by atoms with Crippen LogP contribution in [0.4, 0.5) is 24.5 Å². The van der Waals surface area contributed by atoms with Crippen molar-refractivity contribution >= 4 is 17.3 Å². The van der Waals surface area contributed by atoms with Gasteiger partial charge in [-0.2, -0.15) is 13.2 Å². The van der Waals surface area contributed by atoms with Gasteiger partial charge in [0.05, 0.1) is 17.5 Å². The van der Waals surface area contributed by atoms with Gasteiger partial charge in [0.1, 0.15) is 12.2 Å². The second kappa shape index (κ2) is 8.39. The van der Waals surface area contributed by atoms with E-state index in [4.69, 9.17) is 0 Å². The lowest BCUT2D eigenvalue weighted by atomic mass is 10.1. The number of halogens is 3. The Hall–Kier alpha value is -2.94. The van der Waals surface area contributed by atoms with Crippen molar-refractivity contribution in [3.8, 4) is 0 Å². The van der Waals surface area contributed by atoms with E-state index in [1.165, 1.54) is 18.2 Å². The number of amides is 1. The molecule has 0 spiro atoms. The maximum Gasteiger partial charge on any atom is 0.416 e. The molecule has 28 heavy (non-hydrogen) atoms. The van der Waals surface area contributed by atoms with Crippen LogP contribution >= 0.6 is 0 Å². The molecule has 0 fully saturated rings. The van der Waals surface area contributed by atoms with Crippen LogP contribution in [0.15, 0.2) is 36.4 Å². The van der Waals surface area contributed by atoms with Crippen molar-refractivity contribution < 1.29 is 27.8 Å². The molecule has 1 unspecified atom stereocenters. The lowest BCUT2D eigenvalue weighted by Crippen LogP contribution is -3.08. The Labute approximate surface area is 160 Å². The topological polar surface area (TPSA) is 76.7 Å². The maximum absolute atomic E-state index is 12.6. The maximum atomic E-state index is 12.6. The van der Waals surface area contributed by atoms with Gasteiger partial charge in [-0.1, -0.05) is 12.1 Å². The lowest BCUT2D eigenvalue weighted by molar-refractivity contribution is -0.885. The predicted molar refractivity (Wildman–Crippen MR) is 98.1 cm³/mol. The molecule has 2 N–H and O–H groups in total. The SMILES string of the molecule is Cc1cc(NC(=O)C[NH+](C)Cc2ccc(C(F)(F)F)cc2)c([N+](=O)[O-])cc1C. The second-order valence-electron chi connectivity index (χ2n) is 6.76. The zero-order chi connectivity index (χ0) is 21.1. The Bertz CT molecular complexity index is 880. The number of alkyl halides is 3. The van der Waals surface area contributed by atoms with E-state index in [-0.39, 0.29) is 17.9 Å². The number of benzene rings is 2. The highest BCUT2D eigenvalue weighted by Gasteiger charge is 2.30. The first kappa shape index (κ1) is 21.4. The number of likely N-dealkylation sites (N-methyl/N-ethyl adjacent to an activating group) is 1. The molecule has 2 aromatic carbocycles. The molecular formula is C19H21F3N3O3+. The number of nitrogens with zero attached hydrogens (tertiary/aromatic N) is 1. The van der Waals surface area contributed by atoms with Gasteiger partial charge < -0.3 is 10.2 Å². The van der Waals surface area contributed by atoms with E-state index in [0.29, 0.717) is 12.1 Å². The van der Waals surface area contributed by atoms with Crippen LogP contribution in [0.1, 0.15) is 22.3 Å².